The van der Waals surface area contributed by atoms with Gasteiger partial charge in [0.2, 0.25) is 11.8 Å². The minimum absolute atomic E-state index is 0.0912. The molecule has 1 unspecified atom stereocenters. The predicted octanol–water partition coefficient (Wildman–Crippen LogP) is 2.92. The van der Waals surface area contributed by atoms with Crippen molar-refractivity contribution in [3.63, 3.8) is 0 Å². The van der Waals surface area contributed by atoms with Crippen molar-refractivity contribution in [2.45, 2.75) is 12.2 Å². The minimum Gasteiger partial charge on any atom is -0.493 e. The van der Waals surface area contributed by atoms with Crippen LogP contribution in [0.5, 0.6) is 5.75 Å². The summed E-state index contributed by atoms with van der Waals surface area (Å²) in [6.07, 6.45) is 0. The quantitative estimate of drug-likeness (QED) is 0.722. The van der Waals surface area contributed by atoms with E-state index < -0.39 is 5.91 Å². The minimum atomic E-state index is -0.491. The number of rotatable bonds is 8. The van der Waals surface area contributed by atoms with Gasteiger partial charge in [0.25, 0.3) is 0 Å². The fourth-order valence-electron chi connectivity index (χ4n) is 1.94. The van der Waals surface area contributed by atoms with Gasteiger partial charge in [-0.15, -0.1) is 11.8 Å². The summed E-state index contributed by atoms with van der Waals surface area (Å²) in [5.41, 5.74) is 6.23. The van der Waals surface area contributed by atoms with E-state index in [1.807, 2.05) is 37.3 Å². The third-order valence-corrected chi connectivity index (χ3v) is 4.39. The van der Waals surface area contributed by atoms with Crippen molar-refractivity contribution < 1.29 is 14.3 Å². The maximum atomic E-state index is 12.1. The van der Waals surface area contributed by atoms with Crippen molar-refractivity contribution in [3.8, 4) is 5.75 Å². The first-order valence-electron chi connectivity index (χ1n) is 7.56. The summed E-state index contributed by atoms with van der Waals surface area (Å²) in [6.45, 7) is 2.39. The Bertz CT molecular complexity index is 674. The third-order valence-electron chi connectivity index (χ3n) is 3.27. The number of nitrogens with two attached hydrogens (primary N) is 1. The molecule has 2 rings (SSSR count). The van der Waals surface area contributed by atoms with E-state index in [0.29, 0.717) is 23.6 Å². The van der Waals surface area contributed by atoms with Crippen LogP contribution in [0.3, 0.4) is 0 Å². The standard InChI is InChI=1S/C18H20N2O3S/c1-13(24-12-11-23-16-5-3-2-4-6-16)18(22)20-15-9-7-14(8-10-15)17(19)21/h2-10,13H,11-12H2,1H3,(H2,19,21)(H,20,22). The van der Waals surface area contributed by atoms with Gasteiger partial charge < -0.3 is 15.8 Å². The van der Waals surface area contributed by atoms with E-state index >= 15 is 0 Å². The number of carbonyl (C=O) groups is 2. The number of ether oxygens (including phenoxy) is 1. The molecule has 2 aromatic rings. The van der Waals surface area contributed by atoms with Crippen molar-refractivity contribution in [2.75, 3.05) is 17.7 Å². The van der Waals surface area contributed by atoms with Gasteiger partial charge in [0, 0.05) is 17.0 Å². The molecule has 0 aliphatic rings. The van der Waals surface area contributed by atoms with Crippen LogP contribution in [0.1, 0.15) is 17.3 Å². The number of benzene rings is 2. The highest BCUT2D eigenvalue weighted by atomic mass is 32.2. The van der Waals surface area contributed by atoms with Crippen LogP contribution in [0.2, 0.25) is 0 Å². The van der Waals surface area contributed by atoms with Crippen molar-refractivity contribution in [2.24, 2.45) is 5.73 Å². The Labute approximate surface area is 145 Å². The molecule has 2 aromatic carbocycles. The second-order valence-corrected chi connectivity index (χ2v) is 6.55. The van der Waals surface area contributed by atoms with E-state index in [1.165, 1.54) is 11.8 Å². The van der Waals surface area contributed by atoms with Crippen molar-refractivity contribution >= 4 is 29.3 Å². The molecule has 0 fully saturated rings. The molecular formula is C18H20N2O3S. The van der Waals surface area contributed by atoms with E-state index in [0.717, 1.165) is 5.75 Å². The van der Waals surface area contributed by atoms with Crippen molar-refractivity contribution in [1.29, 1.82) is 0 Å². The van der Waals surface area contributed by atoms with Crippen LogP contribution in [0.15, 0.2) is 54.6 Å². The number of carbonyl (C=O) groups excluding carboxylic acids is 2. The monoisotopic (exact) mass is 344 g/mol. The average Bonchev–Trinajstić information content (AvgIpc) is 2.60. The van der Waals surface area contributed by atoms with Gasteiger partial charge in [0.15, 0.2) is 0 Å². The van der Waals surface area contributed by atoms with E-state index in [9.17, 15) is 9.59 Å². The van der Waals surface area contributed by atoms with E-state index in [1.54, 1.807) is 24.3 Å². The fourth-order valence-corrected chi connectivity index (χ4v) is 2.68. The molecule has 0 aromatic heterocycles. The zero-order valence-corrected chi connectivity index (χ0v) is 14.2. The summed E-state index contributed by atoms with van der Waals surface area (Å²) in [4.78, 5) is 23.1. The summed E-state index contributed by atoms with van der Waals surface area (Å²) in [7, 11) is 0. The second kappa shape index (κ2) is 8.98. The van der Waals surface area contributed by atoms with Crippen molar-refractivity contribution in [1.82, 2.24) is 0 Å². The van der Waals surface area contributed by atoms with Crippen LogP contribution in [0.25, 0.3) is 0 Å². The normalized spacial score (nSPS) is 11.5. The third kappa shape index (κ3) is 5.62. The summed E-state index contributed by atoms with van der Waals surface area (Å²) >= 11 is 1.52. The Morgan fingerprint density at radius 3 is 2.42 bits per heavy atom. The first kappa shape index (κ1) is 17.9. The van der Waals surface area contributed by atoms with Crippen LogP contribution < -0.4 is 15.8 Å². The molecule has 0 aliphatic heterocycles. The molecule has 3 N–H and O–H groups in total. The number of para-hydroxylation sites is 1. The first-order chi connectivity index (χ1) is 11.6. The summed E-state index contributed by atoms with van der Waals surface area (Å²) in [5.74, 6) is 0.955. The number of anilines is 1. The summed E-state index contributed by atoms with van der Waals surface area (Å²) < 4.78 is 5.59. The van der Waals surface area contributed by atoms with Crippen LogP contribution >= 0.6 is 11.8 Å². The molecule has 24 heavy (non-hydrogen) atoms. The topological polar surface area (TPSA) is 81.4 Å². The molecule has 6 heteroatoms. The molecule has 0 radical (unpaired) electrons. The zero-order valence-electron chi connectivity index (χ0n) is 13.4. The van der Waals surface area contributed by atoms with Crippen LogP contribution in [-0.2, 0) is 4.79 Å². The molecule has 0 bridgehead atoms. The predicted molar refractivity (Wildman–Crippen MR) is 97.4 cm³/mol. The summed E-state index contributed by atoms with van der Waals surface area (Å²) in [5, 5.41) is 2.61. The van der Waals surface area contributed by atoms with Crippen LogP contribution in [0.4, 0.5) is 5.69 Å². The van der Waals surface area contributed by atoms with Gasteiger partial charge >= 0.3 is 0 Å². The van der Waals surface area contributed by atoms with Gasteiger partial charge in [-0.1, -0.05) is 18.2 Å². The lowest BCUT2D eigenvalue weighted by molar-refractivity contribution is -0.115. The number of nitrogens with one attached hydrogen (secondary N) is 1. The fraction of sp³-hybridized carbons (Fsp3) is 0.222. The first-order valence-corrected chi connectivity index (χ1v) is 8.61. The van der Waals surface area contributed by atoms with Gasteiger partial charge in [0.05, 0.1) is 11.9 Å². The van der Waals surface area contributed by atoms with Gasteiger partial charge in [0.1, 0.15) is 5.75 Å². The maximum absolute atomic E-state index is 12.1. The molecule has 0 saturated heterocycles. The van der Waals surface area contributed by atoms with E-state index in [4.69, 9.17) is 10.5 Å². The molecule has 0 spiro atoms. The lowest BCUT2D eigenvalue weighted by Gasteiger charge is -2.12. The number of primary amides is 1. The Morgan fingerprint density at radius 1 is 1.12 bits per heavy atom. The molecule has 0 saturated carbocycles. The smallest absolute Gasteiger partial charge is 0.248 e. The second-order valence-electron chi connectivity index (χ2n) is 5.11. The van der Waals surface area contributed by atoms with E-state index in [2.05, 4.69) is 5.32 Å². The Morgan fingerprint density at radius 2 is 1.79 bits per heavy atom. The zero-order chi connectivity index (χ0) is 17.4. The van der Waals surface area contributed by atoms with E-state index in [-0.39, 0.29) is 11.2 Å². The SMILES string of the molecule is CC(SCCOc1ccccc1)C(=O)Nc1ccc(C(N)=O)cc1. The molecule has 0 heterocycles. The number of amides is 2. The Kier molecular flexibility index (Phi) is 6.69. The van der Waals surface area contributed by atoms with Crippen LogP contribution in [-0.4, -0.2) is 29.4 Å². The van der Waals surface area contributed by atoms with Crippen molar-refractivity contribution in [3.05, 3.63) is 60.2 Å². The maximum Gasteiger partial charge on any atom is 0.248 e. The molecule has 126 valence electrons. The van der Waals surface area contributed by atoms with Gasteiger partial charge in [-0.25, -0.2) is 0 Å². The van der Waals surface area contributed by atoms with Gasteiger partial charge in [-0.2, -0.15) is 0 Å². The highest BCUT2D eigenvalue weighted by molar-refractivity contribution is 8.00. The lowest BCUT2D eigenvalue weighted by Crippen LogP contribution is -2.23. The Hall–Kier alpha value is -2.47. The molecule has 2 amide bonds. The summed E-state index contributed by atoms with van der Waals surface area (Å²) in [6, 6.07) is 16.1. The molecular weight excluding hydrogens is 324 g/mol. The number of thioether (sulfide) groups is 1. The van der Waals surface area contributed by atoms with Gasteiger partial charge in [-0.05, 0) is 43.3 Å². The molecule has 1 atom stereocenters. The highest BCUT2D eigenvalue weighted by Crippen LogP contribution is 2.16. The van der Waals surface area contributed by atoms with Gasteiger partial charge in [-0.3, -0.25) is 9.59 Å². The number of hydrogen-bond acceptors (Lipinski definition) is 4. The Balaban J connectivity index is 1.72. The lowest BCUT2D eigenvalue weighted by atomic mass is 10.2. The molecule has 0 aliphatic carbocycles. The largest absolute Gasteiger partial charge is 0.493 e. The highest BCUT2D eigenvalue weighted by Gasteiger charge is 2.13. The number of hydrogen-bond donors (Lipinski definition) is 2. The average molecular weight is 344 g/mol. The molecule has 5 nitrogen and oxygen atoms in total. The van der Waals surface area contributed by atoms with Crippen LogP contribution in [0, 0.1) is 0 Å².